The second-order valence-electron chi connectivity index (χ2n) is 9.61. The van der Waals surface area contributed by atoms with Gasteiger partial charge in [-0.15, -0.1) is 0 Å². The number of ether oxygens (including phenoxy) is 4. The molecule has 0 saturated carbocycles. The quantitative estimate of drug-likeness (QED) is 0.112. The first-order valence-corrected chi connectivity index (χ1v) is 19.3. The molecule has 4 aromatic carbocycles. The number of hydrogen-bond donors (Lipinski definition) is 0. The van der Waals surface area contributed by atoms with Gasteiger partial charge in [0.2, 0.25) is 0 Å². The fraction of sp³-hybridized carbons (Fsp3) is 0.286. The third kappa shape index (κ3) is 12.1. The van der Waals surface area contributed by atoms with Crippen LogP contribution in [0.2, 0.25) is 0 Å². The monoisotopic (exact) mass is 728 g/mol. The Morgan fingerprint density at radius 2 is 0.698 bits per heavy atom. The molecule has 0 atom stereocenters. The van der Waals surface area contributed by atoms with Crippen LogP contribution >= 0.6 is 25.4 Å². The Bertz CT molecular complexity index is 1050. The average molecular weight is 730 g/mol. The molecule has 43 heavy (non-hydrogen) atoms. The minimum Gasteiger partial charge on any atom is -0.352 e. The molecule has 2 aliphatic rings. The molecule has 2 saturated heterocycles. The van der Waals surface area contributed by atoms with Gasteiger partial charge in [-0.2, -0.15) is 0 Å². The van der Waals surface area contributed by atoms with Crippen LogP contribution in [0.3, 0.4) is 0 Å². The fourth-order valence-corrected chi connectivity index (χ4v) is 9.32. The summed E-state index contributed by atoms with van der Waals surface area (Å²) < 4.78 is 23.0. The fourth-order valence-electron chi connectivity index (χ4n) is 4.73. The van der Waals surface area contributed by atoms with Gasteiger partial charge in [-0.3, -0.25) is 0 Å². The van der Waals surface area contributed by atoms with Crippen LogP contribution in [0.25, 0.3) is 0 Å². The van der Waals surface area contributed by atoms with Crippen molar-refractivity contribution in [1.82, 2.24) is 0 Å². The summed E-state index contributed by atoms with van der Waals surface area (Å²) in [6, 6.07) is 42.8. The van der Waals surface area contributed by atoms with Crippen LogP contribution < -0.4 is 21.2 Å². The van der Waals surface area contributed by atoms with E-state index in [9.17, 15) is 0 Å². The van der Waals surface area contributed by atoms with E-state index in [2.05, 4.69) is 149 Å². The van der Waals surface area contributed by atoms with Gasteiger partial charge in [-0.05, 0) is 49.9 Å². The van der Waals surface area contributed by atoms with Crippen molar-refractivity contribution in [3.05, 3.63) is 129 Å². The molecule has 2 aliphatic heterocycles. The molecular weight excluding hydrogens is 688 g/mol. The molecule has 6 rings (SSSR count). The maximum atomic E-state index is 5.75. The molecule has 0 aromatic heterocycles. The molecule has 2 fully saturated rings. The van der Waals surface area contributed by atoms with Gasteiger partial charge in [0.05, 0.1) is 26.4 Å². The smallest absolute Gasteiger partial charge is 0.162 e. The summed E-state index contributed by atoms with van der Waals surface area (Å²) in [4.78, 5) is 0. The van der Waals surface area contributed by atoms with Crippen molar-refractivity contribution in [1.29, 1.82) is 0 Å². The molecule has 0 spiro atoms. The average Bonchev–Trinajstić information content (AvgIpc) is 3.10. The number of benzene rings is 4. The maximum Gasteiger partial charge on any atom is 0.162 e. The summed E-state index contributed by atoms with van der Waals surface area (Å²) >= 11 is 2.22. The summed E-state index contributed by atoms with van der Waals surface area (Å²) in [7, 11) is 3.64. The summed E-state index contributed by atoms with van der Waals surface area (Å²) in [5, 5.41) is 5.52. The van der Waals surface area contributed by atoms with E-state index in [4.69, 9.17) is 18.9 Å². The topological polar surface area (TPSA) is 36.9 Å². The van der Waals surface area contributed by atoms with Gasteiger partial charge >= 0.3 is 27.7 Å². The van der Waals surface area contributed by atoms with Gasteiger partial charge in [0, 0.05) is 12.3 Å². The number of rotatable bonds is 8. The predicted molar refractivity (Wildman–Crippen MR) is 181 cm³/mol. The van der Waals surface area contributed by atoms with Crippen molar-refractivity contribution < 1.29 is 37.1 Å². The molecule has 0 N–H and O–H groups in total. The minimum absolute atomic E-state index is 0. The van der Waals surface area contributed by atoms with Crippen molar-refractivity contribution >= 4 is 46.6 Å². The molecule has 0 radical (unpaired) electrons. The summed E-state index contributed by atoms with van der Waals surface area (Å²) in [5.41, 5.74) is 0. The van der Waals surface area contributed by atoms with E-state index in [1.165, 1.54) is 21.2 Å². The minimum atomic E-state index is -0.424. The van der Waals surface area contributed by atoms with Crippen LogP contribution in [-0.4, -0.2) is 51.3 Å². The van der Waals surface area contributed by atoms with E-state index in [0.717, 1.165) is 51.6 Å². The van der Waals surface area contributed by atoms with Crippen molar-refractivity contribution in [3.8, 4) is 0 Å². The van der Waals surface area contributed by atoms with E-state index in [-0.39, 0.29) is 20.0 Å². The molecular formula is C35H41ClO4P2Pd. The van der Waals surface area contributed by atoms with E-state index < -0.39 is 15.8 Å². The Morgan fingerprint density at radius 1 is 0.465 bits per heavy atom. The molecule has 0 amide bonds. The molecule has 4 aromatic rings. The standard InChI is InChI=1S/2C17H19O2P.CH3.ClH.Pd/c2*1-3-8-15(9-4-1)20(16-10-5-2-6-11-16)14-17-18-12-7-13-19-17;;;/h2*1-6,8-11,17H,7,12-14H2;1H3;1H;/q;;-1;;+2/p-1. The second-order valence-corrected chi connectivity index (χ2v) is 14.1. The summed E-state index contributed by atoms with van der Waals surface area (Å²) in [6.07, 6.45) is 3.76. The van der Waals surface area contributed by atoms with Crippen LogP contribution in [0, 0.1) is 7.43 Å². The zero-order chi connectivity index (χ0) is 29.2. The first-order valence-electron chi connectivity index (χ1n) is 14.2. The summed E-state index contributed by atoms with van der Waals surface area (Å²) in [5.74, 6) is 0. The first kappa shape index (κ1) is 36.0. The Hall–Kier alpha value is -1.47. The van der Waals surface area contributed by atoms with Gasteiger partial charge in [0.25, 0.3) is 0 Å². The first-order chi connectivity index (χ1) is 20.9. The molecule has 2 heterocycles. The third-order valence-electron chi connectivity index (χ3n) is 6.73. The SMILES string of the molecule is [CH3-].[Cl][Pd+].c1ccc(P(CC2OCCCO2)c2ccccc2)cc1.c1ccc(P(CC2OCCCO2)c2ccccc2)cc1. The summed E-state index contributed by atoms with van der Waals surface area (Å²) in [6.45, 7) is 3.27. The second kappa shape index (κ2) is 21.3. The normalized spacial score (nSPS) is 15.5. The van der Waals surface area contributed by atoms with E-state index in [1.54, 1.807) is 0 Å². The van der Waals surface area contributed by atoms with Crippen molar-refractivity contribution in [3.63, 3.8) is 0 Å². The van der Waals surface area contributed by atoms with Crippen LogP contribution in [0.15, 0.2) is 121 Å². The van der Waals surface area contributed by atoms with E-state index >= 15 is 0 Å². The van der Waals surface area contributed by atoms with Gasteiger partial charge < -0.3 is 26.4 Å². The molecule has 0 aliphatic carbocycles. The molecule has 4 nitrogen and oxygen atoms in total. The zero-order valence-electron chi connectivity index (χ0n) is 24.6. The zero-order valence-corrected chi connectivity index (χ0v) is 28.7. The van der Waals surface area contributed by atoms with Crippen LogP contribution in [0.5, 0.6) is 0 Å². The Labute approximate surface area is 275 Å². The van der Waals surface area contributed by atoms with Crippen molar-refractivity contribution in [2.24, 2.45) is 0 Å². The van der Waals surface area contributed by atoms with E-state index in [0.29, 0.717) is 0 Å². The Balaban J connectivity index is 0.000000218. The van der Waals surface area contributed by atoms with Gasteiger partial charge in [0.15, 0.2) is 12.6 Å². The molecule has 232 valence electrons. The maximum absolute atomic E-state index is 5.75. The van der Waals surface area contributed by atoms with Gasteiger partial charge in [-0.1, -0.05) is 121 Å². The Kier molecular flexibility index (Phi) is 17.8. The van der Waals surface area contributed by atoms with Crippen molar-refractivity contribution in [2.75, 3.05) is 38.8 Å². The van der Waals surface area contributed by atoms with Crippen molar-refractivity contribution in [2.45, 2.75) is 25.4 Å². The number of hydrogen-bond acceptors (Lipinski definition) is 4. The van der Waals surface area contributed by atoms with E-state index in [1.807, 2.05) is 0 Å². The predicted octanol–water partition coefficient (Wildman–Crippen LogP) is 6.90. The van der Waals surface area contributed by atoms with Gasteiger partial charge in [-0.25, -0.2) is 0 Å². The number of halogens is 1. The van der Waals surface area contributed by atoms with Crippen LogP contribution in [0.1, 0.15) is 12.8 Å². The Morgan fingerprint density at radius 3 is 0.930 bits per heavy atom. The molecule has 0 bridgehead atoms. The molecule has 8 heteroatoms. The van der Waals surface area contributed by atoms with Crippen LogP contribution in [-0.2, 0) is 37.1 Å². The van der Waals surface area contributed by atoms with Gasteiger partial charge in [0.1, 0.15) is 0 Å². The molecule has 0 unspecified atom stereocenters. The third-order valence-corrected chi connectivity index (χ3v) is 11.7. The van der Waals surface area contributed by atoms with Crippen LogP contribution in [0.4, 0.5) is 0 Å². The largest absolute Gasteiger partial charge is 0.352 e.